The minimum atomic E-state index is -0.544. The minimum Gasteiger partial charge on any atom is -0.328 e. The summed E-state index contributed by atoms with van der Waals surface area (Å²) in [5, 5.41) is 25.9. The van der Waals surface area contributed by atoms with Gasteiger partial charge in [-0.1, -0.05) is 36.0 Å². The van der Waals surface area contributed by atoms with Crippen molar-refractivity contribution in [3.63, 3.8) is 0 Å². The topological polar surface area (TPSA) is 115 Å². The summed E-state index contributed by atoms with van der Waals surface area (Å²) in [5.41, 5.74) is 3.13. The van der Waals surface area contributed by atoms with Gasteiger partial charge >= 0.3 is 6.03 Å². The zero-order chi connectivity index (χ0) is 25.7. The normalized spacial score (nSPS) is 11.6. The summed E-state index contributed by atoms with van der Waals surface area (Å²) in [7, 11) is 0. The van der Waals surface area contributed by atoms with Gasteiger partial charge in [-0.3, -0.25) is 14.7 Å². The quantitative estimate of drug-likeness (QED) is 0.177. The molecular formula is C25H23FN6O3S. The summed E-state index contributed by atoms with van der Waals surface area (Å²) in [6, 6.07) is 18.6. The van der Waals surface area contributed by atoms with Crippen molar-refractivity contribution in [2.45, 2.75) is 30.8 Å². The van der Waals surface area contributed by atoms with E-state index in [9.17, 15) is 19.3 Å². The van der Waals surface area contributed by atoms with Gasteiger partial charge in [0, 0.05) is 29.3 Å². The van der Waals surface area contributed by atoms with Crippen LogP contribution in [-0.2, 0) is 5.75 Å². The Labute approximate surface area is 210 Å². The molecule has 0 radical (unpaired) electrons. The number of aryl methyl sites for hydroxylation is 1. The SMILES string of the molecule is Cc1cccc(NC(=O)NC(C)c2nnc(SCc3ccc(F)cc3)n2-c2ccc([N+](=O)[O-])cc2)c1. The highest BCUT2D eigenvalue weighted by molar-refractivity contribution is 7.98. The number of urea groups is 1. The Bertz CT molecular complexity index is 1380. The van der Waals surface area contributed by atoms with E-state index in [0.29, 0.717) is 28.1 Å². The molecule has 1 aromatic heterocycles. The molecule has 0 saturated heterocycles. The third-order valence-corrected chi connectivity index (χ3v) is 6.27. The van der Waals surface area contributed by atoms with Gasteiger partial charge in [0.15, 0.2) is 11.0 Å². The number of benzene rings is 3. The van der Waals surface area contributed by atoms with Crippen LogP contribution in [0.3, 0.4) is 0 Å². The zero-order valence-corrected chi connectivity index (χ0v) is 20.3. The molecule has 0 aliphatic carbocycles. The first-order valence-electron chi connectivity index (χ1n) is 11.0. The second-order valence-corrected chi connectivity index (χ2v) is 9.00. The van der Waals surface area contributed by atoms with E-state index < -0.39 is 17.0 Å². The number of thioether (sulfide) groups is 1. The Morgan fingerprint density at radius 2 is 1.83 bits per heavy atom. The van der Waals surface area contributed by atoms with E-state index in [1.165, 1.54) is 36.0 Å². The van der Waals surface area contributed by atoms with Gasteiger partial charge in [0.2, 0.25) is 0 Å². The van der Waals surface area contributed by atoms with Crippen molar-refractivity contribution in [2.24, 2.45) is 0 Å². The van der Waals surface area contributed by atoms with E-state index in [-0.39, 0.29) is 11.5 Å². The number of nitrogens with zero attached hydrogens (tertiary/aromatic N) is 4. The number of nitrogens with one attached hydrogen (secondary N) is 2. The first-order chi connectivity index (χ1) is 17.3. The average molecular weight is 507 g/mol. The minimum absolute atomic E-state index is 0.0439. The van der Waals surface area contributed by atoms with Gasteiger partial charge in [0.05, 0.1) is 11.0 Å². The lowest BCUT2D eigenvalue weighted by Crippen LogP contribution is -2.32. The number of nitro groups is 1. The number of amides is 2. The van der Waals surface area contributed by atoms with Crippen LogP contribution in [0.1, 0.15) is 29.9 Å². The molecule has 4 aromatic rings. The summed E-state index contributed by atoms with van der Waals surface area (Å²) in [6.45, 7) is 3.71. The average Bonchev–Trinajstić information content (AvgIpc) is 3.28. The molecule has 1 atom stereocenters. The fourth-order valence-electron chi connectivity index (χ4n) is 3.50. The number of carbonyl (C=O) groups is 1. The molecule has 0 spiro atoms. The largest absolute Gasteiger partial charge is 0.328 e. The molecule has 184 valence electrons. The second-order valence-electron chi connectivity index (χ2n) is 8.05. The molecule has 36 heavy (non-hydrogen) atoms. The van der Waals surface area contributed by atoms with E-state index >= 15 is 0 Å². The maximum absolute atomic E-state index is 13.3. The summed E-state index contributed by atoms with van der Waals surface area (Å²) in [5.74, 6) is 0.634. The number of aromatic nitrogens is 3. The van der Waals surface area contributed by atoms with Gasteiger partial charge in [-0.2, -0.15) is 0 Å². The van der Waals surface area contributed by atoms with E-state index in [1.807, 2.05) is 25.1 Å². The molecule has 2 N–H and O–H groups in total. The van der Waals surface area contributed by atoms with Crippen molar-refractivity contribution >= 4 is 29.2 Å². The van der Waals surface area contributed by atoms with Crippen LogP contribution in [0.4, 0.5) is 20.6 Å². The van der Waals surface area contributed by atoms with Gasteiger partial charge in [0.1, 0.15) is 5.82 Å². The first kappa shape index (κ1) is 24.9. The number of hydrogen-bond acceptors (Lipinski definition) is 6. The molecule has 1 heterocycles. The van der Waals surface area contributed by atoms with Gasteiger partial charge in [-0.05, 0) is 61.4 Å². The Balaban J connectivity index is 1.59. The summed E-state index contributed by atoms with van der Waals surface area (Å²) < 4.78 is 15.0. The van der Waals surface area contributed by atoms with E-state index in [4.69, 9.17) is 0 Å². The van der Waals surface area contributed by atoms with Crippen LogP contribution in [0.5, 0.6) is 0 Å². The zero-order valence-electron chi connectivity index (χ0n) is 19.5. The molecule has 4 rings (SSSR count). The maximum atomic E-state index is 13.3. The third-order valence-electron chi connectivity index (χ3n) is 5.27. The highest BCUT2D eigenvalue weighted by Crippen LogP contribution is 2.28. The number of non-ortho nitro benzene ring substituents is 1. The summed E-state index contributed by atoms with van der Waals surface area (Å²) in [4.78, 5) is 23.3. The van der Waals surface area contributed by atoms with Crippen LogP contribution in [0.15, 0.2) is 78.0 Å². The number of anilines is 1. The predicted octanol–water partition coefficient (Wildman–Crippen LogP) is 5.80. The fourth-order valence-corrected chi connectivity index (χ4v) is 4.42. The van der Waals surface area contributed by atoms with Crippen molar-refractivity contribution < 1.29 is 14.1 Å². The molecule has 3 aromatic carbocycles. The van der Waals surface area contributed by atoms with Gasteiger partial charge < -0.3 is 10.6 Å². The number of hydrogen-bond donors (Lipinski definition) is 2. The molecule has 0 bridgehead atoms. The molecule has 0 aliphatic heterocycles. The highest BCUT2D eigenvalue weighted by Gasteiger charge is 2.22. The second kappa shape index (κ2) is 11.0. The van der Waals surface area contributed by atoms with Crippen molar-refractivity contribution in [2.75, 3.05) is 5.32 Å². The molecule has 11 heteroatoms. The number of rotatable bonds is 8. The lowest BCUT2D eigenvalue weighted by atomic mass is 10.2. The Kier molecular flexibility index (Phi) is 7.59. The summed E-state index contributed by atoms with van der Waals surface area (Å²) in [6.07, 6.45) is 0. The fraction of sp³-hybridized carbons (Fsp3) is 0.160. The van der Waals surface area contributed by atoms with Crippen LogP contribution in [0.25, 0.3) is 5.69 Å². The van der Waals surface area contributed by atoms with Crippen molar-refractivity contribution in [3.8, 4) is 5.69 Å². The molecule has 0 saturated carbocycles. The van der Waals surface area contributed by atoms with Crippen molar-refractivity contribution in [1.29, 1.82) is 0 Å². The van der Waals surface area contributed by atoms with Gasteiger partial charge in [-0.25, -0.2) is 9.18 Å². The highest BCUT2D eigenvalue weighted by atomic mass is 32.2. The van der Waals surface area contributed by atoms with Crippen LogP contribution in [0, 0.1) is 22.9 Å². The molecule has 9 nitrogen and oxygen atoms in total. The van der Waals surface area contributed by atoms with Gasteiger partial charge in [0.25, 0.3) is 5.69 Å². The van der Waals surface area contributed by atoms with Crippen molar-refractivity contribution in [3.05, 3.63) is 106 Å². The smallest absolute Gasteiger partial charge is 0.319 e. The monoisotopic (exact) mass is 506 g/mol. The Morgan fingerprint density at radius 3 is 2.50 bits per heavy atom. The first-order valence-corrected chi connectivity index (χ1v) is 12.0. The number of nitro benzene ring substituents is 1. The van der Waals surface area contributed by atoms with Crippen molar-refractivity contribution in [1.82, 2.24) is 20.1 Å². The van der Waals surface area contributed by atoms with Gasteiger partial charge in [-0.15, -0.1) is 10.2 Å². The van der Waals surface area contributed by atoms with E-state index in [0.717, 1.165) is 11.1 Å². The number of halogens is 1. The molecular weight excluding hydrogens is 483 g/mol. The van der Waals surface area contributed by atoms with Crippen LogP contribution in [0.2, 0.25) is 0 Å². The molecule has 1 unspecified atom stereocenters. The maximum Gasteiger partial charge on any atom is 0.319 e. The lowest BCUT2D eigenvalue weighted by molar-refractivity contribution is -0.384. The molecule has 0 fully saturated rings. The van der Waals surface area contributed by atoms with Crippen LogP contribution >= 0.6 is 11.8 Å². The van der Waals surface area contributed by atoms with Crippen LogP contribution < -0.4 is 10.6 Å². The molecule has 0 aliphatic rings. The molecule has 2 amide bonds. The van der Waals surface area contributed by atoms with E-state index in [1.54, 1.807) is 41.8 Å². The predicted molar refractivity (Wildman–Crippen MR) is 136 cm³/mol. The lowest BCUT2D eigenvalue weighted by Gasteiger charge is -2.17. The third kappa shape index (κ3) is 6.05. The summed E-state index contributed by atoms with van der Waals surface area (Å²) >= 11 is 1.38. The Morgan fingerprint density at radius 1 is 1.11 bits per heavy atom. The Hall–Kier alpha value is -4.25. The standard InChI is InChI=1S/C25H23FN6O3S/c1-16-4-3-5-20(14-16)28-24(33)27-17(2)23-29-30-25(36-15-18-6-8-19(26)9-7-18)31(23)21-10-12-22(13-11-21)32(34)35/h3-14,17H,15H2,1-2H3,(H2,27,28,33). The number of carbonyl (C=O) groups excluding carboxylic acids is 1. The van der Waals surface area contributed by atoms with E-state index in [2.05, 4.69) is 20.8 Å². The van der Waals surface area contributed by atoms with Crippen LogP contribution in [-0.4, -0.2) is 25.7 Å².